The quantitative estimate of drug-likeness (QED) is 0.677. The Hall–Kier alpha value is -2.36. The minimum atomic E-state index is -0.354. The second-order valence-corrected chi connectivity index (χ2v) is 4.41. The summed E-state index contributed by atoms with van der Waals surface area (Å²) in [7, 11) is 0. The minimum absolute atomic E-state index is 0.247. The predicted octanol–water partition coefficient (Wildman–Crippen LogP) is 3.05. The molecule has 0 unspecified atom stereocenters. The van der Waals surface area contributed by atoms with Crippen LogP contribution in [-0.2, 0) is 0 Å². The number of nitrogens with zero attached hydrogens (tertiary/aromatic N) is 1. The number of aryl methyl sites for hydroxylation is 2. The van der Waals surface area contributed by atoms with Crippen LogP contribution in [-0.4, -0.2) is 11.6 Å². The standard InChI is InChI=1S/C15H16N2O2/c1-10-6-7-13(9-11(10)2)12(3)16-17-15(18)14-5-4-8-19-14/h4-9H,1-3H3,(H,17,18)/b16-12+. The summed E-state index contributed by atoms with van der Waals surface area (Å²) < 4.78 is 4.99. The SMILES string of the molecule is C/C(=N\NC(=O)c1ccco1)c1ccc(C)c(C)c1. The molecule has 0 atom stereocenters. The van der Waals surface area contributed by atoms with E-state index in [-0.39, 0.29) is 11.7 Å². The topological polar surface area (TPSA) is 54.6 Å². The fourth-order valence-corrected chi connectivity index (χ4v) is 1.63. The van der Waals surface area contributed by atoms with Gasteiger partial charge in [0.25, 0.3) is 0 Å². The highest BCUT2D eigenvalue weighted by atomic mass is 16.3. The Morgan fingerprint density at radius 3 is 2.63 bits per heavy atom. The van der Waals surface area contributed by atoms with Gasteiger partial charge >= 0.3 is 5.91 Å². The lowest BCUT2D eigenvalue weighted by atomic mass is 10.0. The van der Waals surface area contributed by atoms with Crippen LogP contribution in [0, 0.1) is 13.8 Å². The van der Waals surface area contributed by atoms with Gasteiger partial charge in [-0.05, 0) is 55.7 Å². The fraction of sp³-hybridized carbons (Fsp3) is 0.200. The molecule has 0 fully saturated rings. The Morgan fingerprint density at radius 1 is 1.21 bits per heavy atom. The minimum Gasteiger partial charge on any atom is -0.459 e. The van der Waals surface area contributed by atoms with Crippen LogP contribution in [0.3, 0.4) is 0 Å². The molecule has 1 amide bonds. The number of carbonyl (C=O) groups excluding carboxylic acids is 1. The average Bonchev–Trinajstić information content (AvgIpc) is 2.92. The normalized spacial score (nSPS) is 11.4. The van der Waals surface area contributed by atoms with E-state index >= 15 is 0 Å². The lowest BCUT2D eigenvalue weighted by Crippen LogP contribution is -2.18. The Labute approximate surface area is 112 Å². The van der Waals surface area contributed by atoms with Crippen LogP contribution >= 0.6 is 0 Å². The first-order chi connectivity index (χ1) is 9.08. The van der Waals surface area contributed by atoms with E-state index in [1.807, 2.05) is 32.0 Å². The number of carbonyl (C=O) groups is 1. The van der Waals surface area contributed by atoms with E-state index in [1.54, 1.807) is 12.1 Å². The molecular formula is C15H16N2O2. The van der Waals surface area contributed by atoms with Crippen molar-refractivity contribution >= 4 is 11.6 Å². The Balaban J connectivity index is 2.10. The molecular weight excluding hydrogens is 240 g/mol. The number of furan rings is 1. The number of hydrogen-bond acceptors (Lipinski definition) is 3. The zero-order chi connectivity index (χ0) is 13.8. The fourth-order valence-electron chi connectivity index (χ4n) is 1.63. The van der Waals surface area contributed by atoms with Gasteiger partial charge in [0.15, 0.2) is 5.76 Å². The zero-order valence-electron chi connectivity index (χ0n) is 11.2. The van der Waals surface area contributed by atoms with Crippen LogP contribution in [0.4, 0.5) is 0 Å². The maximum atomic E-state index is 11.7. The van der Waals surface area contributed by atoms with Crippen LogP contribution in [0.1, 0.15) is 34.2 Å². The third kappa shape index (κ3) is 3.10. The molecule has 0 saturated heterocycles. The molecule has 98 valence electrons. The number of amides is 1. The van der Waals surface area contributed by atoms with Crippen LogP contribution < -0.4 is 5.43 Å². The molecule has 2 aromatic rings. The molecule has 0 aliphatic carbocycles. The van der Waals surface area contributed by atoms with Gasteiger partial charge in [0.2, 0.25) is 0 Å². The van der Waals surface area contributed by atoms with Crippen molar-refractivity contribution in [3.63, 3.8) is 0 Å². The molecule has 0 aliphatic rings. The van der Waals surface area contributed by atoms with Crippen molar-refractivity contribution in [1.29, 1.82) is 0 Å². The summed E-state index contributed by atoms with van der Waals surface area (Å²) in [4.78, 5) is 11.7. The third-order valence-corrected chi connectivity index (χ3v) is 2.99. The van der Waals surface area contributed by atoms with Gasteiger partial charge in [-0.15, -0.1) is 0 Å². The molecule has 1 aromatic carbocycles. The maximum Gasteiger partial charge on any atom is 0.307 e. The summed E-state index contributed by atoms with van der Waals surface area (Å²) in [5.74, 6) is -0.107. The first-order valence-corrected chi connectivity index (χ1v) is 6.03. The summed E-state index contributed by atoms with van der Waals surface area (Å²) in [6.07, 6.45) is 1.45. The van der Waals surface area contributed by atoms with Gasteiger partial charge in [0.1, 0.15) is 0 Å². The van der Waals surface area contributed by atoms with Gasteiger partial charge in [-0.1, -0.05) is 12.1 Å². The second kappa shape index (κ2) is 5.52. The van der Waals surface area contributed by atoms with E-state index in [0.717, 1.165) is 11.3 Å². The molecule has 0 radical (unpaired) electrons. The van der Waals surface area contributed by atoms with Crippen molar-refractivity contribution in [3.8, 4) is 0 Å². The van der Waals surface area contributed by atoms with Crippen molar-refractivity contribution in [3.05, 3.63) is 59.0 Å². The monoisotopic (exact) mass is 256 g/mol. The number of nitrogens with one attached hydrogen (secondary N) is 1. The molecule has 0 spiro atoms. The number of hydrazone groups is 1. The zero-order valence-corrected chi connectivity index (χ0v) is 11.2. The summed E-state index contributed by atoms with van der Waals surface area (Å²) >= 11 is 0. The molecule has 0 aliphatic heterocycles. The Morgan fingerprint density at radius 2 is 2.00 bits per heavy atom. The van der Waals surface area contributed by atoms with E-state index in [4.69, 9.17) is 4.42 Å². The molecule has 4 nitrogen and oxygen atoms in total. The first kappa shape index (κ1) is 13.1. The molecule has 2 rings (SSSR count). The molecule has 0 bridgehead atoms. The van der Waals surface area contributed by atoms with Crippen molar-refractivity contribution in [2.45, 2.75) is 20.8 Å². The second-order valence-electron chi connectivity index (χ2n) is 4.41. The Kier molecular flexibility index (Phi) is 3.80. The maximum absolute atomic E-state index is 11.7. The van der Waals surface area contributed by atoms with Crippen molar-refractivity contribution in [2.75, 3.05) is 0 Å². The first-order valence-electron chi connectivity index (χ1n) is 6.03. The largest absolute Gasteiger partial charge is 0.459 e. The number of rotatable bonds is 3. The van der Waals surface area contributed by atoms with Crippen molar-refractivity contribution in [2.24, 2.45) is 5.10 Å². The van der Waals surface area contributed by atoms with E-state index in [9.17, 15) is 4.79 Å². The molecule has 1 heterocycles. The molecule has 0 saturated carbocycles. The van der Waals surface area contributed by atoms with Gasteiger partial charge in [-0.25, -0.2) is 5.43 Å². The highest BCUT2D eigenvalue weighted by molar-refractivity contribution is 6.00. The van der Waals surface area contributed by atoms with Gasteiger partial charge in [-0.3, -0.25) is 4.79 Å². The average molecular weight is 256 g/mol. The van der Waals surface area contributed by atoms with Gasteiger partial charge in [0.05, 0.1) is 12.0 Å². The summed E-state index contributed by atoms with van der Waals surface area (Å²) in [5.41, 5.74) is 6.65. The van der Waals surface area contributed by atoms with Crippen molar-refractivity contribution in [1.82, 2.24) is 5.43 Å². The molecule has 4 heteroatoms. The highest BCUT2D eigenvalue weighted by Crippen LogP contribution is 2.10. The van der Waals surface area contributed by atoms with E-state index < -0.39 is 0 Å². The molecule has 1 aromatic heterocycles. The van der Waals surface area contributed by atoms with Crippen LogP contribution in [0.2, 0.25) is 0 Å². The van der Waals surface area contributed by atoms with Crippen molar-refractivity contribution < 1.29 is 9.21 Å². The lowest BCUT2D eigenvalue weighted by molar-refractivity contribution is 0.0927. The Bertz CT molecular complexity index is 613. The molecule has 1 N–H and O–H groups in total. The van der Waals surface area contributed by atoms with Crippen LogP contribution in [0.15, 0.2) is 46.1 Å². The third-order valence-electron chi connectivity index (χ3n) is 2.99. The van der Waals surface area contributed by atoms with E-state index in [2.05, 4.69) is 17.5 Å². The highest BCUT2D eigenvalue weighted by Gasteiger charge is 2.07. The lowest BCUT2D eigenvalue weighted by Gasteiger charge is -2.05. The van der Waals surface area contributed by atoms with E-state index in [0.29, 0.717) is 0 Å². The van der Waals surface area contributed by atoms with Gasteiger partial charge in [-0.2, -0.15) is 5.10 Å². The summed E-state index contributed by atoms with van der Waals surface area (Å²) in [6, 6.07) is 9.33. The van der Waals surface area contributed by atoms with E-state index in [1.165, 1.54) is 17.4 Å². The molecule has 19 heavy (non-hydrogen) atoms. The van der Waals surface area contributed by atoms with Gasteiger partial charge in [0, 0.05) is 0 Å². The summed E-state index contributed by atoms with van der Waals surface area (Å²) in [6.45, 7) is 5.96. The summed E-state index contributed by atoms with van der Waals surface area (Å²) in [5, 5.41) is 4.08. The van der Waals surface area contributed by atoms with Crippen LogP contribution in [0.5, 0.6) is 0 Å². The predicted molar refractivity (Wildman–Crippen MR) is 74.3 cm³/mol. The van der Waals surface area contributed by atoms with Gasteiger partial charge < -0.3 is 4.42 Å². The number of hydrogen-bond donors (Lipinski definition) is 1. The number of benzene rings is 1. The smallest absolute Gasteiger partial charge is 0.307 e. The van der Waals surface area contributed by atoms with Crippen LogP contribution in [0.25, 0.3) is 0 Å².